The second-order valence-corrected chi connectivity index (χ2v) is 13.2. The summed E-state index contributed by atoms with van der Waals surface area (Å²) in [5, 5.41) is 28.7. The van der Waals surface area contributed by atoms with E-state index in [-0.39, 0.29) is 17.0 Å². The molecule has 0 bridgehead atoms. The highest BCUT2D eigenvalue weighted by atomic mass is 32.2. The average Bonchev–Trinajstić information content (AvgIpc) is 3.02. The summed E-state index contributed by atoms with van der Waals surface area (Å²) < 4.78 is 24.5. The second kappa shape index (κ2) is 13.3. The Morgan fingerprint density at radius 1 is 1.02 bits per heavy atom. The number of aromatic carboxylic acids is 1. The van der Waals surface area contributed by atoms with E-state index in [0.717, 1.165) is 54.9 Å². The van der Waals surface area contributed by atoms with Gasteiger partial charge in [-0.1, -0.05) is 30.3 Å². The highest BCUT2D eigenvalue weighted by molar-refractivity contribution is 7.89. The van der Waals surface area contributed by atoms with Gasteiger partial charge >= 0.3 is 5.97 Å². The number of piperazine rings is 1. The Labute approximate surface area is 259 Å². The molecule has 2 fully saturated rings. The molecular formula is C33H40N6O4S. The molecule has 0 radical (unpaired) electrons. The van der Waals surface area contributed by atoms with Crippen molar-refractivity contribution < 1.29 is 18.3 Å². The molecule has 3 aromatic rings. The van der Waals surface area contributed by atoms with E-state index >= 15 is 0 Å². The Morgan fingerprint density at radius 2 is 1.70 bits per heavy atom. The van der Waals surface area contributed by atoms with Crippen molar-refractivity contribution in [3.8, 4) is 6.07 Å². The van der Waals surface area contributed by atoms with Crippen LogP contribution in [0.15, 0.2) is 65.6 Å². The van der Waals surface area contributed by atoms with Gasteiger partial charge in [-0.05, 0) is 74.6 Å². The molecule has 4 N–H and O–H groups in total. The number of carboxylic acids is 1. The molecule has 2 heterocycles. The zero-order valence-corrected chi connectivity index (χ0v) is 26.1. The summed E-state index contributed by atoms with van der Waals surface area (Å²) >= 11 is 0. The van der Waals surface area contributed by atoms with Crippen LogP contribution in [0.2, 0.25) is 0 Å². The van der Waals surface area contributed by atoms with Crippen LogP contribution in [-0.4, -0.2) is 70.8 Å². The minimum absolute atomic E-state index is 0.0899. The van der Waals surface area contributed by atoms with Crippen molar-refractivity contribution >= 4 is 33.1 Å². The lowest BCUT2D eigenvalue weighted by Gasteiger charge is -2.43. The number of benzene rings is 3. The van der Waals surface area contributed by atoms with Crippen molar-refractivity contribution in [2.24, 2.45) is 5.14 Å². The summed E-state index contributed by atoms with van der Waals surface area (Å²) in [6.45, 7) is 8.12. The van der Waals surface area contributed by atoms with E-state index in [4.69, 9.17) is 5.14 Å². The molecule has 44 heavy (non-hydrogen) atoms. The average molecular weight is 617 g/mol. The largest absolute Gasteiger partial charge is 0.478 e. The number of hydrogen-bond donors (Lipinski definition) is 3. The van der Waals surface area contributed by atoms with Gasteiger partial charge in [0, 0.05) is 57.0 Å². The topological polar surface area (TPSA) is 143 Å². The normalized spacial score (nSPS) is 17.7. The molecule has 0 spiro atoms. The molecule has 11 heteroatoms. The van der Waals surface area contributed by atoms with Gasteiger partial charge in [-0.3, -0.25) is 0 Å². The van der Waals surface area contributed by atoms with E-state index in [1.54, 1.807) is 18.2 Å². The molecule has 3 aromatic carbocycles. The van der Waals surface area contributed by atoms with Crippen LogP contribution in [0, 0.1) is 25.2 Å². The van der Waals surface area contributed by atoms with Crippen molar-refractivity contribution in [2.75, 3.05) is 54.0 Å². The molecule has 2 aliphatic rings. The van der Waals surface area contributed by atoms with Crippen molar-refractivity contribution in [3.63, 3.8) is 0 Å². The first-order valence-electron chi connectivity index (χ1n) is 15.0. The van der Waals surface area contributed by atoms with Crippen LogP contribution < -0.4 is 25.2 Å². The first-order chi connectivity index (χ1) is 21.1. The first kappa shape index (κ1) is 31.3. The monoisotopic (exact) mass is 616 g/mol. The summed E-state index contributed by atoms with van der Waals surface area (Å²) in [6, 6.07) is 20.9. The fraction of sp³-hybridized carbons (Fsp3) is 0.394. The smallest absolute Gasteiger partial charge is 0.336 e. The zero-order valence-electron chi connectivity index (χ0n) is 25.2. The predicted molar refractivity (Wildman–Crippen MR) is 173 cm³/mol. The molecule has 0 aliphatic carbocycles. The fourth-order valence-corrected chi connectivity index (χ4v) is 7.39. The third-order valence-electron chi connectivity index (χ3n) is 8.84. The van der Waals surface area contributed by atoms with Crippen molar-refractivity contribution in [1.29, 1.82) is 5.26 Å². The SMILES string of the molecule is Cc1cc(C)c(N(CCC2CN(c3ccccc3S(N)(=O)=O)CCN2)C2CCN(c3ccccc3C#N)CC2)cc1C(=O)O. The van der Waals surface area contributed by atoms with Gasteiger partial charge in [0.1, 0.15) is 11.0 Å². The molecule has 5 rings (SSSR count). The lowest BCUT2D eigenvalue weighted by atomic mass is 9.97. The van der Waals surface area contributed by atoms with Gasteiger partial charge in [-0.25, -0.2) is 18.4 Å². The van der Waals surface area contributed by atoms with E-state index in [1.165, 1.54) is 0 Å². The number of sulfonamides is 1. The van der Waals surface area contributed by atoms with Crippen LogP contribution in [0.3, 0.4) is 0 Å². The highest BCUT2D eigenvalue weighted by Crippen LogP contribution is 2.32. The number of para-hydroxylation sites is 2. The van der Waals surface area contributed by atoms with Gasteiger partial charge in [0.25, 0.3) is 0 Å². The first-order valence-corrected chi connectivity index (χ1v) is 16.6. The number of piperidine rings is 1. The number of aryl methyl sites for hydroxylation is 2. The van der Waals surface area contributed by atoms with Crippen molar-refractivity contribution in [3.05, 3.63) is 82.9 Å². The molecular weight excluding hydrogens is 576 g/mol. The third kappa shape index (κ3) is 6.83. The number of nitriles is 1. The Hall–Kier alpha value is -4.11. The quantitative estimate of drug-likeness (QED) is 0.327. The fourth-order valence-electron chi connectivity index (χ4n) is 6.63. The summed E-state index contributed by atoms with van der Waals surface area (Å²) in [4.78, 5) is 18.9. The van der Waals surface area contributed by atoms with Gasteiger partial charge in [-0.2, -0.15) is 5.26 Å². The number of primary sulfonamides is 1. The number of hydrogen-bond acceptors (Lipinski definition) is 8. The number of rotatable bonds is 9. The molecule has 2 aliphatic heterocycles. The van der Waals surface area contributed by atoms with E-state index in [0.29, 0.717) is 43.0 Å². The van der Waals surface area contributed by atoms with Crippen LogP contribution in [0.5, 0.6) is 0 Å². The number of nitrogens with two attached hydrogens (primary N) is 1. The van der Waals surface area contributed by atoms with Gasteiger partial charge in [0.05, 0.1) is 22.5 Å². The lowest BCUT2D eigenvalue weighted by Crippen LogP contribution is -2.53. The number of carboxylic acid groups (broad SMARTS) is 1. The molecule has 2 saturated heterocycles. The van der Waals surface area contributed by atoms with Crippen molar-refractivity contribution in [1.82, 2.24) is 5.32 Å². The maximum absolute atomic E-state index is 12.3. The molecule has 0 saturated carbocycles. The third-order valence-corrected chi connectivity index (χ3v) is 9.80. The van der Waals surface area contributed by atoms with Gasteiger partial charge < -0.3 is 25.1 Å². The minimum Gasteiger partial charge on any atom is -0.478 e. The number of anilines is 3. The van der Waals surface area contributed by atoms with Gasteiger partial charge in [0.2, 0.25) is 10.0 Å². The summed E-state index contributed by atoms with van der Waals surface area (Å²) in [6.07, 6.45) is 2.50. The van der Waals surface area contributed by atoms with Crippen LogP contribution in [0.25, 0.3) is 0 Å². The molecule has 1 atom stereocenters. The molecule has 0 amide bonds. The Morgan fingerprint density at radius 3 is 2.39 bits per heavy atom. The molecule has 1 unspecified atom stereocenters. The van der Waals surface area contributed by atoms with Crippen LogP contribution in [0.4, 0.5) is 17.1 Å². The van der Waals surface area contributed by atoms with Gasteiger partial charge in [0.15, 0.2) is 0 Å². The predicted octanol–water partition coefficient (Wildman–Crippen LogP) is 3.86. The van der Waals surface area contributed by atoms with E-state index in [9.17, 15) is 23.6 Å². The minimum atomic E-state index is -3.87. The van der Waals surface area contributed by atoms with E-state index < -0.39 is 16.0 Å². The maximum atomic E-state index is 12.3. The van der Waals surface area contributed by atoms with Gasteiger partial charge in [-0.15, -0.1) is 0 Å². The van der Waals surface area contributed by atoms with Crippen LogP contribution in [-0.2, 0) is 10.0 Å². The Balaban J connectivity index is 1.37. The van der Waals surface area contributed by atoms with E-state index in [1.807, 2.05) is 56.3 Å². The lowest BCUT2D eigenvalue weighted by molar-refractivity contribution is 0.0696. The van der Waals surface area contributed by atoms with Crippen molar-refractivity contribution in [2.45, 2.75) is 50.1 Å². The second-order valence-electron chi connectivity index (χ2n) is 11.7. The van der Waals surface area contributed by atoms with Crippen LogP contribution in [0.1, 0.15) is 46.3 Å². The summed E-state index contributed by atoms with van der Waals surface area (Å²) in [7, 11) is -3.87. The number of nitrogens with zero attached hydrogens (tertiary/aromatic N) is 4. The highest BCUT2D eigenvalue weighted by Gasteiger charge is 2.30. The Kier molecular flexibility index (Phi) is 9.44. The zero-order chi connectivity index (χ0) is 31.4. The Bertz CT molecular complexity index is 1660. The number of nitrogens with one attached hydrogen (secondary N) is 1. The molecule has 10 nitrogen and oxygen atoms in total. The standard InChI is InChI=1S/C33H40N6O4S/c1-23-19-24(2)31(20-28(23)33(40)41)39(27-12-15-37(16-13-27)29-8-4-3-7-25(29)21-34)17-11-26-22-38(18-14-36-26)30-9-5-6-10-32(30)44(35,42)43/h3-10,19-20,26-27,36H,11-18,22H2,1-2H3,(H,40,41)(H2,35,42,43). The maximum Gasteiger partial charge on any atom is 0.336 e. The van der Waals surface area contributed by atoms with Crippen LogP contribution >= 0.6 is 0 Å². The summed E-state index contributed by atoms with van der Waals surface area (Å²) in [5.74, 6) is -0.940. The van der Waals surface area contributed by atoms with E-state index in [2.05, 4.69) is 26.1 Å². The molecule has 232 valence electrons. The molecule has 0 aromatic heterocycles. The summed E-state index contributed by atoms with van der Waals surface area (Å²) in [5.41, 5.74) is 5.23. The number of carbonyl (C=O) groups is 1.